The van der Waals surface area contributed by atoms with E-state index in [0.717, 1.165) is 31.5 Å². The summed E-state index contributed by atoms with van der Waals surface area (Å²) >= 11 is 5.85. The Labute approximate surface area is 127 Å². The van der Waals surface area contributed by atoms with Crippen LogP contribution in [-0.2, 0) is 0 Å². The fourth-order valence-corrected chi connectivity index (χ4v) is 2.48. The number of carbonyl (C=O) groups is 1. The molecule has 0 bridgehead atoms. The predicted octanol–water partition coefficient (Wildman–Crippen LogP) is 2.48. The molecule has 21 heavy (non-hydrogen) atoms. The van der Waals surface area contributed by atoms with Crippen molar-refractivity contribution in [1.82, 2.24) is 15.8 Å². The number of rotatable bonds is 3. The number of nitrogens with one attached hydrogen (secondary N) is 2. The van der Waals surface area contributed by atoms with E-state index in [1.807, 2.05) is 12.1 Å². The molecule has 0 saturated carbocycles. The van der Waals surface area contributed by atoms with Crippen LogP contribution in [0.15, 0.2) is 34.9 Å². The number of hydrogen-bond donors (Lipinski definition) is 2. The standard InChI is InChI=1S/C15H16ClN3O2/c16-11-3-1-10(2-4-11)14-9-13(19-21-14)15(20)18-12-5-7-17-8-6-12/h1-4,9,12,17H,5-8H2,(H,18,20). The van der Waals surface area contributed by atoms with Crippen molar-refractivity contribution in [3.05, 3.63) is 41.0 Å². The number of carbonyl (C=O) groups excluding carboxylic acids is 1. The lowest BCUT2D eigenvalue weighted by Crippen LogP contribution is -2.42. The summed E-state index contributed by atoms with van der Waals surface area (Å²) in [5.74, 6) is 0.369. The van der Waals surface area contributed by atoms with Gasteiger partial charge in [0, 0.05) is 22.7 Å². The van der Waals surface area contributed by atoms with Crippen molar-refractivity contribution in [3.8, 4) is 11.3 Å². The molecule has 3 rings (SSSR count). The molecule has 2 aromatic rings. The van der Waals surface area contributed by atoms with Crippen LogP contribution in [0.4, 0.5) is 0 Å². The molecular formula is C15H16ClN3O2. The van der Waals surface area contributed by atoms with Crippen LogP contribution in [0, 0.1) is 0 Å². The van der Waals surface area contributed by atoms with Crippen molar-refractivity contribution in [2.24, 2.45) is 0 Å². The van der Waals surface area contributed by atoms with Crippen molar-refractivity contribution in [2.75, 3.05) is 13.1 Å². The van der Waals surface area contributed by atoms with E-state index < -0.39 is 0 Å². The normalized spacial score (nSPS) is 15.9. The molecular weight excluding hydrogens is 290 g/mol. The lowest BCUT2D eigenvalue weighted by molar-refractivity contribution is 0.0920. The third-order valence-electron chi connectivity index (χ3n) is 3.55. The van der Waals surface area contributed by atoms with Crippen LogP contribution >= 0.6 is 11.6 Å². The first-order valence-corrected chi connectivity index (χ1v) is 7.34. The molecule has 1 aliphatic rings. The summed E-state index contributed by atoms with van der Waals surface area (Å²) < 4.78 is 5.23. The van der Waals surface area contributed by atoms with E-state index in [0.29, 0.717) is 16.5 Å². The van der Waals surface area contributed by atoms with Gasteiger partial charge in [0.05, 0.1) is 0 Å². The number of piperidine rings is 1. The average molecular weight is 306 g/mol. The smallest absolute Gasteiger partial charge is 0.273 e. The second kappa shape index (κ2) is 6.28. The number of benzene rings is 1. The Hall–Kier alpha value is -1.85. The number of halogens is 1. The predicted molar refractivity (Wildman–Crippen MR) is 80.3 cm³/mol. The van der Waals surface area contributed by atoms with Gasteiger partial charge >= 0.3 is 0 Å². The molecule has 0 radical (unpaired) electrons. The minimum atomic E-state index is -0.189. The molecule has 1 aromatic carbocycles. The van der Waals surface area contributed by atoms with Gasteiger partial charge in [-0.1, -0.05) is 16.8 Å². The zero-order chi connectivity index (χ0) is 14.7. The first kappa shape index (κ1) is 14.1. The van der Waals surface area contributed by atoms with Crippen LogP contribution in [-0.4, -0.2) is 30.2 Å². The molecule has 2 heterocycles. The summed E-state index contributed by atoms with van der Waals surface area (Å²) in [6.07, 6.45) is 1.88. The fourth-order valence-electron chi connectivity index (χ4n) is 2.36. The Morgan fingerprint density at radius 1 is 1.29 bits per heavy atom. The number of nitrogens with zero attached hydrogens (tertiary/aromatic N) is 1. The molecule has 0 unspecified atom stereocenters. The van der Waals surface area contributed by atoms with Crippen LogP contribution < -0.4 is 10.6 Å². The second-order valence-corrected chi connectivity index (χ2v) is 5.52. The highest BCUT2D eigenvalue weighted by Crippen LogP contribution is 2.22. The molecule has 2 N–H and O–H groups in total. The van der Waals surface area contributed by atoms with Gasteiger partial charge in [-0.05, 0) is 50.2 Å². The maximum Gasteiger partial charge on any atom is 0.273 e. The average Bonchev–Trinajstić information content (AvgIpc) is 2.99. The van der Waals surface area contributed by atoms with Crippen LogP contribution in [0.25, 0.3) is 11.3 Å². The van der Waals surface area contributed by atoms with Crippen molar-refractivity contribution in [3.63, 3.8) is 0 Å². The highest BCUT2D eigenvalue weighted by atomic mass is 35.5. The van der Waals surface area contributed by atoms with Gasteiger partial charge in [0.25, 0.3) is 5.91 Å². The molecule has 0 aliphatic carbocycles. The molecule has 5 nitrogen and oxygen atoms in total. The van der Waals surface area contributed by atoms with Crippen molar-refractivity contribution in [1.29, 1.82) is 0 Å². The zero-order valence-electron chi connectivity index (χ0n) is 11.4. The first-order chi connectivity index (χ1) is 10.2. The highest BCUT2D eigenvalue weighted by Gasteiger charge is 2.19. The summed E-state index contributed by atoms with van der Waals surface area (Å²) in [7, 11) is 0. The second-order valence-electron chi connectivity index (χ2n) is 5.08. The Balaban J connectivity index is 1.69. The summed E-state index contributed by atoms with van der Waals surface area (Å²) in [6.45, 7) is 1.86. The maximum atomic E-state index is 12.1. The van der Waals surface area contributed by atoms with Crippen LogP contribution in [0.2, 0.25) is 5.02 Å². The maximum absolute atomic E-state index is 12.1. The van der Waals surface area contributed by atoms with E-state index in [4.69, 9.17) is 16.1 Å². The minimum Gasteiger partial charge on any atom is -0.355 e. The van der Waals surface area contributed by atoms with E-state index in [2.05, 4.69) is 15.8 Å². The van der Waals surface area contributed by atoms with Crippen LogP contribution in [0.5, 0.6) is 0 Å². The number of amides is 1. The van der Waals surface area contributed by atoms with Crippen molar-refractivity contribution >= 4 is 17.5 Å². The molecule has 1 aliphatic heterocycles. The van der Waals surface area contributed by atoms with E-state index in [1.165, 1.54) is 0 Å². The molecule has 1 amide bonds. The highest BCUT2D eigenvalue weighted by molar-refractivity contribution is 6.30. The van der Waals surface area contributed by atoms with Gasteiger partial charge < -0.3 is 15.2 Å². The third-order valence-corrected chi connectivity index (χ3v) is 3.80. The SMILES string of the molecule is O=C(NC1CCNCC1)c1cc(-c2ccc(Cl)cc2)on1. The Morgan fingerprint density at radius 3 is 2.71 bits per heavy atom. The van der Waals surface area contributed by atoms with Crippen molar-refractivity contribution in [2.45, 2.75) is 18.9 Å². The quantitative estimate of drug-likeness (QED) is 0.914. The van der Waals surface area contributed by atoms with E-state index in [1.54, 1.807) is 18.2 Å². The molecule has 0 atom stereocenters. The topological polar surface area (TPSA) is 67.2 Å². The lowest BCUT2D eigenvalue weighted by atomic mass is 10.1. The monoisotopic (exact) mass is 305 g/mol. The number of aromatic nitrogens is 1. The van der Waals surface area contributed by atoms with Crippen LogP contribution in [0.3, 0.4) is 0 Å². The largest absolute Gasteiger partial charge is 0.355 e. The fraction of sp³-hybridized carbons (Fsp3) is 0.333. The summed E-state index contributed by atoms with van der Waals surface area (Å²) in [6, 6.07) is 9.06. The van der Waals surface area contributed by atoms with Gasteiger partial charge in [0.2, 0.25) is 0 Å². The summed E-state index contributed by atoms with van der Waals surface area (Å²) in [5, 5.41) is 10.7. The molecule has 1 saturated heterocycles. The van der Waals surface area contributed by atoms with Gasteiger partial charge in [0.1, 0.15) is 0 Å². The number of hydrogen-bond acceptors (Lipinski definition) is 4. The molecule has 1 aromatic heterocycles. The molecule has 110 valence electrons. The van der Waals surface area contributed by atoms with Crippen molar-refractivity contribution < 1.29 is 9.32 Å². The Kier molecular flexibility index (Phi) is 4.22. The van der Waals surface area contributed by atoms with Gasteiger partial charge in [-0.3, -0.25) is 4.79 Å². The van der Waals surface area contributed by atoms with E-state index >= 15 is 0 Å². The molecule has 6 heteroatoms. The van der Waals surface area contributed by atoms with E-state index in [9.17, 15) is 4.79 Å². The molecule has 0 spiro atoms. The minimum absolute atomic E-state index is 0.189. The lowest BCUT2D eigenvalue weighted by Gasteiger charge is -2.23. The zero-order valence-corrected chi connectivity index (χ0v) is 12.2. The van der Waals surface area contributed by atoms with Gasteiger partial charge in [0.15, 0.2) is 11.5 Å². The Morgan fingerprint density at radius 2 is 2.00 bits per heavy atom. The van der Waals surface area contributed by atoms with Gasteiger partial charge in [-0.25, -0.2) is 0 Å². The first-order valence-electron chi connectivity index (χ1n) is 6.96. The van der Waals surface area contributed by atoms with Crippen LogP contribution in [0.1, 0.15) is 23.3 Å². The third kappa shape index (κ3) is 3.43. The molecule has 1 fully saturated rings. The van der Waals surface area contributed by atoms with Gasteiger partial charge in [-0.2, -0.15) is 0 Å². The van der Waals surface area contributed by atoms with E-state index in [-0.39, 0.29) is 11.9 Å². The summed E-state index contributed by atoms with van der Waals surface area (Å²) in [4.78, 5) is 12.1. The van der Waals surface area contributed by atoms with Gasteiger partial charge in [-0.15, -0.1) is 0 Å². The summed E-state index contributed by atoms with van der Waals surface area (Å²) in [5.41, 5.74) is 1.14. The Bertz CT molecular complexity index is 618.